The first-order valence-electron chi connectivity index (χ1n) is 4.31. The van der Waals surface area contributed by atoms with Crippen molar-refractivity contribution in [2.45, 2.75) is 37.8 Å². The lowest BCUT2D eigenvalue weighted by molar-refractivity contribution is -0.123. The molecule has 2 aliphatic rings. The Bertz CT molecular complexity index is 171. The molecule has 2 aliphatic carbocycles. The van der Waals surface area contributed by atoms with Crippen molar-refractivity contribution in [1.29, 1.82) is 0 Å². The molecule has 2 saturated carbocycles. The van der Waals surface area contributed by atoms with Crippen LogP contribution in [0.25, 0.3) is 0 Å². The smallest absolute Gasteiger partial charge is 0.223 e. The summed E-state index contributed by atoms with van der Waals surface area (Å²) in [7, 11) is 0. The van der Waals surface area contributed by atoms with Crippen molar-refractivity contribution in [2.24, 2.45) is 11.7 Å². The van der Waals surface area contributed by atoms with Crippen molar-refractivity contribution in [3.8, 4) is 0 Å². The van der Waals surface area contributed by atoms with Gasteiger partial charge in [0.1, 0.15) is 0 Å². The molecular weight excluding hydrogens is 140 g/mol. The van der Waals surface area contributed by atoms with E-state index in [1.165, 1.54) is 0 Å². The summed E-state index contributed by atoms with van der Waals surface area (Å²) in [5, 5.41) is 2.99. The number of nitrogens with two attached hydrogens (primary N) is 1. The molecule has 0 bridgehead atoms. The molecule has 3 N–H and O–H groups in total. The lowest BCUT2D eigenvalue weighted by Gasteiger charge is -2.32. The molecule has 0 aromatic rings. The molecule has 3 heteroatoms. The molecule has 1 amide bonds. The van der Waals surface area contributed by atoms with Crippen molar-refractivity contribution < 1.29 is 4.79 Å². The van der Waals surface area contributed by atoms with Crippen molar-refractivity contribution in [1.82, 2.24) is 5.32 Å². The second kappa shape index (κ2) is 2.48. The Morgan fingerprint density at radius 1 is 1.36 bits per heavy atom. The molecule has 62 valence electrons. The van der Waals surface area contributed by atoms with Gasteiger partial charge >= 0.3 is 0 Å². The van der Waals surface area contributed by atoms with Crippen LogP contribution in [0.2, 0.25) is 0 Å². The second-order valence-corrected chi connectivity index (χ2v) is 3.71. The zero-order chi connectivity index (χ0) is 7.84. The fourth-order valence-electron chi connectivity index (χ4n) is 1.44. The zero-order valence-electron chi connectivity index (χ0n) is 6.55. The van der Waals surface area contributed by atoms with E-state index in [9.17, 15) is 4.79 Å². The summed E-state index contributed by atoms with van der Waals surface area (Å²) >= 11 is 0. The maximum absolute atomic E-state index is 11.2. The molecule has 2 rings (SSSR count). The third kappa shape index (κ3) is 1.53. The highest BCUT2D eigenvalue weighted by Crippen LogP contribution is 2.30. The minimum atomic E-state index is 0.252. The minimum absolute atomic E-state index is 0.252. The van der Waals surface area contributed by atoms with Crippen molar-refractivity contribution in [3.63, 3.8) is 0 Å². The highest BCUT2D eigenvalue weighted by molar-refractivity contribution is 5.81. The molecule has 0 radical (unpaired) electrons. The molecule has 0 saturated heterocycles. The zero-order valence-corrected chi connectivity index (χ0v) is 6.55. The number of carbonyl (C=O) groups excluding carboxylic acids is 1. The Kier molecular flexibility index (Phi) is 1.60. The molecule has 0 atom stereocenters. The topological polar surface area (TPSA) is 55.1 Å². The van der Waals surface area contributed by atoms with Crippen LogP contribution in [-0.2, 0) is 4.79 Å². The van der Waals surface area contributed by atoms with Gasteiger partial charge in [-0.1, -0.05) is 0 Å². The quantitative estimate of drug-likeness (QED) is 0.588. The van der Waals surface area contributed by atoms with Gasteiger partial charge in [-0.3, -0.25) is 4.79 Å². The van der Waals surface area contributed by atoms with Gasteiger partial charge in [-0.2, -0.15) is 0 Å². The Labute approximate surface area is 66.3 Å². The Morgan fingerprint density at radius 2 is 2.00 bits per heavy atom. The predicted molar refractivity (Wildman–Crippen MR) is 41.9 cm³/mol. The van der Waals surface area contributed by atoms with Gasteiger partial charge in [0.2, 0.25) is 5.91 Å². The third-order valence-electron chi connectivity index (χ3n) is 2.47. The Morgan fingerprint density at radius 3 is 2.45 bits per heavy atom. The van der Waals surface area contributed by atoms with Crippen LogP contribution in [0.4, 0.5) is 0 Å². The summed E-state index contributed by atoms with van der Waals surface area (Å²) in [5.41, 5.74) is 5.59. The van der Waals surface area contributed by atoms with E-state index in [1.807, 2.05) is 0 Å². The van der Waals surface area contributed by atoms with E-state index in [1.54, 1.807) is 0 Å². The average molecular weight is 154 g/mol. The summed E-state index contributed by atoms with van der Waals surface area (Å²) < 4.78 is 0. The van der Waals surface area contributed by atoms with Crippen LogP contribution in [0.1, 0.15) is 25.7 Å². The molecule has 0 aromatic heterocycles. The first-order chi connectivity index (χ1) is 5.25. The van der Waals surface area contributed by atoms with Gasteiger partial charge in [-0.05, 0) is 25.7 Å². The molecule has 0 aromatic carbocycles. The third-order valence-corrected chi connectivity index (χ3v) is 2.47. The molecule has 0 unspecified atom stereocenters. The monoisotopic (exact) mass is 154 g/mol. The van der Waals surface area contributed by atoms with Crippen LogP contribution in [0.15, 0.2) is 0 Å². The maximum atomic E-state index is 11.2. The van der Waals surface area contributed by atoms with E-state index in [0.717, 1.165) is 25.7 Å². The van der Waals surface area contributed by atoms with Crippen LogP contribution in [-0.4, -0.2) is 18.0 Å². The number of amides is 1. The van der Waals surface area contributed by atoms with Gasteiger partial charge in [0.15, 0.2) is 0 Å². The molecule has 11 heavy (non-hydrogen) atoms. The van der Waals surface area contributed by atoms with Gasteiger partial charge in [-0.25, -0.2) is 0 Å². The lowest BCUT2D eigenvalue weighted by Crippen LogP contribution is -2.50. The van der Waals surface area contributed by atoms with Crippen LogP contribution in [0.5, 0.6) is 0 Å². The van der Waals surface area contributed by atoms with Crippen LogP contribution in [0.3, 0.4) is 0 Å². The first kappa shape index (κ1) is 7.10. The summed E-state index contributed by atoms with van der Waals surface area (Å²) in [6, 6.07) is 0.720. The largest absolute Gasteiger partial charge is 0.353 e. The molecular formula is C8H14N2O. The standard InChI is InChI=1S/C8H14N2O/c9-6-3-7(4-6)10-8(11)5-1-2-5/h5-7H,1-4,9H2,(H,10,11)/t6-,7-. The summed E-state index contributed by atoms with van der Waals surface area (Å²) in [6.45, 7) is 0. The van der Waals surface area contributed by atoms with E-state index >= 15 is 0 Å². The van der Waals surface area contributed by atoms with Crippen molar-refractivity contribution >= 4 is 5.91 Å². The Hall–Kier alpha value is -0.570. The SMILES string of the molecule is N[C@H]1C[C@H](NC(=O)C2CC2)C1. The molecule has 2 fully saturated rings. The minimum Gasteiger partial charge on any atom is -0.353 e. The first-order valence-corrected chi connectivity index (χ1v) is 4.31. The predicted octanol–water partition coefficient (Wildman–Crippen LogP) is 0.00230. The second-order valence-electron chi connectivity index (χ2n) is 3.71. The average Bonchev–Trinajstić information content (AvgIpc) is 2.64. The maximum Gasteiger partial charge on any atom is 0.223 e. The van der Waals surface area contributed by atoms with Gasteiger partial charge < -0.3 is 11.1 Å². The lowest BCUT2D eigenvalue weighted by atomic mass is 9.87. The number of rotatable bonds is 2. The van der Waals surface area contributed by atoms with Gasteiger partial charge in [-0.15, -0.1) is 0 Å². The molecule has 0 heterocycles. The van der Waals surface area contributed by atoms with Crippen LogP contribution < -0.4 is 11.1 Å². The van der Waals surface area contributed by atoms with E-state index in [4.69, 9.17) is 5.73 Å². The number of nitrogens with one attached hydrogen (secondary N) is 1. The van der Waals surface area contributed by atoms with E-state index in [0.29, 0.717) is 18.0 Å². The van der Waals surface area contributed by atoms with Crippen LogP contribution in [0, 0.1) is 5.92 Å². The van der Waals surface area contributed by atoms with E-state index in [-0.39, 0.29) is 5.91 Å². The summed E-state index contributed by atoms with van der Waals surface area (Å²) in [5.74, 6) is 0.591. The summed E-state index contributed by atoms with van der Waals surface area (Å²) in [4.78, 5) is 11.2. The highest BCUT2D eigenvalue weighted by atomic mass is 16.2. The van der Waals surface area contributed by atoms with E-state index in [2.05, 4.69) is 5.32 Å². The number of hydrogen-bond acceptors (Lipinski definition) is 2. The van der Waals surface area contributed by atoms with Gasteiger partial charge in [0.25, 0.3) is 0 Å². The van der Waals surface area contributed by atoms with Crippen molar-refractivity contribution in [3.05, 3.63) is 0 Å². The fraction of sp³-hybridized carbons (Fsp3) is 0.875. The normalized spacial score (nSPS) is 36.1. The fourth-order valence-corrected chi connectivity index (χ4v) is 1.44. The molecule has 0 aliphatic heterocycles. The summed E-state index contributed by atoms with van der Waals surface area (Å²) in [6.07, 6.45) is 4.12. The van der Waals surface area contributed by atoms with Crippen molar-refractivity contribution in [2.75, 3.05) is 0 Å². The highest BCUT2D eigenvalue weighted by Gasteiger charge is 2.34. The molecule has 0 spiro atoms. The van der Waals surface area contributed by atoms with Gasteiger partial charge in [0.05, 0.1) is 0 Å². The van der Waals surface area contributed by atoms with E-state index < -0.39 is 0 Å². The number of hydrogen-bond donors (Lipinski definition) is 2. The van der Waals surface area contributed by atoms with Gasteiger partial charge in [0, 0.05) is 18.0 Å². The number of carbonyl (C=O) groups is 1. The Balaban J connectivity index is 1.69. The molecule has 3 nitrogen and oxygen atoms in total. The van der Waals surface area contributed by atoms with Crippen LogP contribution >= 0.6 is 0 Å².